The Morgan fingerprint density at radius 2 is 1.94 bits per heavy atom. The Morgan fingerprint density at radius 1 is 1.14 bits per heavy atom. The van der Waals surface area contributed by atoms with Crippen molar-refractivity contribution >= 4 is 11.9 Å². The Labute approximate surface area is 207 Å². The molecule has 1 fully saturated rings. The van der Waals surface area contributed by atoms with Gasteiger partial charge in [-0.2, -0.15) is 0 Å². The molecule has 0 saturated heterocycles. The Bertz CT molecular complexity index is 832. The monoisotopic (exact) mass is 493 g/mol. The highest BCUT2D eigenvalue weighted by molar-refractivity contribution is 5.71. The molecule has 2 aliphatic rings. The lowest BCUT2D eigenvalue weighted by molar-refractivity contribution is -0.154. The Morgan fingerprint density at radius 3 is 2.71 bits per heavy atom. The number of hydrogen-bond acceptors (Lipinski definition) is 8. The fourth-order valence-electron chi connectivity index (χ4n) is 5.34. The average Bonchev–Trinajstić information content (AvgIpc) is 3.23. The topological polar surface area (TPSA) is 124 Å². The van der Waals surface area contributed by atoms with Crippen molar-refractivity contribution in [2.75, 3.05) is 40.1 Å². The van der Waals surface area contributed by atoms with Gasteiger partial charge in [0, 0.05) is 0 Å². The quantitative estimate of drug-likeness (QED) is 0.192. The molecule has 2 aliphatic carbocycles. The summed E-state index contributed by atoms with van der Waals surface area (Å²) in [6, 6.07) is 6.07. The van der Waals surface area contributed by atoms with Crippen LogP contribution in [0.3, 0.4) is 0 Å². The van der Waals surface area contributed by atoms with Crippen LogP contribution in [0.5, 0.6) is 5.75 Å². The van der Waals surface area contributed by atoms with Crippen molar-refractivity contribution < 1.29 is 38.7 Å². The molecule has 9 nitrogen and oxygen atoms in total. The van der Waals surface area contributed by atoms with E-state index in [4.69, 9.17) is 24.1 Å². The van der Waals surface area contributed by atoms with Gasteiger partial charge in [0.05, 0.1) is 19.8 Å². The van der Waals surface area contributed by atoms with Gasteiger partial charge in [-0.15, -0.1) is 0 Å². The van der Waals surface area contributed by atoms with Gasteiger partial charge in [-0.25, -0.2) is 9.59 Å². The van der Waals surface area contributed by atoms with E-state index in [0.717, 1.165) is 31.4 Å². The molecule has 9 heteroatoms. The number of nitrogens with one attached hydrogen (secondary N) is 1. The summed E-state index contributed by atoms with van der Waals surface area (Å²) in [6.07, 6.45) is 5.32. The number of aliphatic hydroxyl groups is 1. The number of carboxylic acid groups (broad SMARTS) is 1. The molecular weight excluding hydrogens is 454 g/mol. The van der Waals surface area contributed by atoms with Crippen LogP contribution in [0.4, 0.5) is 0 Å². The first-order chi connectivity index (χ1) is 16.9. The first-order valence-electron chi connectivity index (χ1n) is 12.5. The van der Waals surface area contributed by atoms with E-state index in [2.05, 4.69) is 11.4 Å². The lowest BCUT2D eigenvalue weighted by atomic mass is 9.74. The van der Waals surface area contributed by atoms with Crippen molar-refractivity contribution in [3.63, 3.8) is 0 Å². The number of carbonyl (C=O) groups is 2. The first-order valence-corrected chi connectivity index (χ1v) is 12.5. The zero-order valence-electron chi connectivity index (χ0n) is 20.7. The van der Waals surface area contributed by atoms with E-state index in [1.165, 1.54) is 24.0 Å². The van der Waals surface area contributed by atoms with Crippen LogP contribution in [0.15, 0.2) is 18.2 Å². The number of aliphatic carboxylic acids is 1. The maximum Gasteiger partial charge on any atom is 0.344 e. The number of ether oxygens (including phenoxy) is 4. The van der Waals surface area contributed by atoms with Crippen molar-refractivity contribution in [2.45, 2.75) is 57.8 Å². The van der Waals surface area contributed by atoms with E-state index >= 15 is 0 Å². The Hall–Kier alpha value is -2.20. The second kappa shape index (κ2) is 13.8. The van der Waals surface area contributed by atoms with E-state index in [0.29, 0.717) is 17.8 Å². The molecule has 0 spiro atoms. The number of hydrogen-bond donors (Lipinski definition) is 3. The van der Waals surface area contributed by atoms with Crippen molar-refractivity contribution in [1.82, 2.24) is 5.32 Å². The standard InChI is InChI=1S/C26H39NO8/c1-17(14-32-10-11-33-15-25(29)30)35-26(31)16-34-23-5-3-4-19-12-21-18(8-9-24(28)27-2)6-7-20(21)13-22(19)23/h3-5,17-18,20-21,24,27-28H,6-16H2,1-2H3,(H,29,30). The van der Waals surface area contributed by atoms with Crippen LogP contribution in [-0.4, -0.2) is 74.6 Å². The molecule has 1 saturated carbocycles. The van der Waals surface area contributed by atoms with E-state index in [-0.39, 0.29) is 33.0 Å². The molecule has 5 unspecified atom stereocenters. The fraction of sp³-hybridized carbons (Fsp3) is 0.692. The molecule has 5 atom stereocenters. The van der Waals surface area contributed by atoms with Gasteiger partial charge in [0.25, 0.3) is 0 Å². The zero-order valence-corrected chi connectivity index (χ0v) is 20.7. The highest BCUT2D eigenvalue weighted by atomic mass is 16.6. The molecule has 0 aliphatic heterocycles. The highest BCUT2D eigenvalue weighted by Gasteiger charge is 2.39. The predicted octanol–water partition coefficient (Wildman–Crippen LogP) is 2.17. The Balaban J connectivity index is 1.43. The molecule has 196 valence electrons. The predicted molar refractivity (Wildman–Crippen MR) is 128 cm³/mol. The minimum Gasteiger partial charge on any atom is -0.482 e. The highest BCUT2D eigenvalue weighted by Crippen LogP contribution is 2.48. The SMILES string of the molecule is CNC(O)CCC1CCC2Cc3c(cccc3OCC(=O)OC(C)COCCOCC(=O)O)CC12. The number of rotatable bonds is 15. The van der Waals surface area contributed by atoms with Gasteiger partial charge in [0.1, 0.15) is 24.7 Å². The Kier molecular flexibility index (Phi) is 10.8. The molecule has 1 aromatic carbocycles. The number of benzene rings is 1. The van der Waals surface area contributed by atoms with E-state index in [9.17, 15) is 14.7 Å². The number of aliphatic hydroxyl groups excluding tert-OH is 1. The normalized spacial score (nSPS) is 22.7. The number of esters is 1. The molecule has 3 rings (SSSR count). The number of carbonyl (C=O) groups excluding carboxylic acids is 1. The largest absolute Gasteiger partial charge is 0.482 e. The average molecular weight is 494 g/mol. The van der Waals surface area contributed by atoms with Gasteiger partial charge in [0.15, 0.2) is 6.61 Å². The molecule has 1 aromatic rings. The van der Waals surface area contributed by atoms with E-state index < -0.39 is 24.3 Å². The molecular formula is C26H39NO8. The van der Waals surface area contributed by atoms with Gasteiger partial charge >= 0.3 is 11.9 Å². The molecule has 3 N–H and O–H groups in total. The fourth-order valence-corrected chi connectivity index (χ4v) is 5.34. The van der Waals surface area contributed by atoms with Crippen LogP contribution < -0.4 is 10.1 Å². The second-order valence-corrected chi connectivity index (χ2v) is 9.56. The summed E-state index contributed by atoms with van der Waals surface area (Å²) in [5.74, 6) is 1.17. The van der Waals surface area contributed by atoms with Crippen LogP contribution in [0.25, 0.3) is 0 Å². The molecule has 0 aromatic heterocycles. The summed E-state index contributed by atoms with van der Waals surface area (Å²) in [5.41, 5.74) is 2.50. The van der Waals surface area contributed by atoms with Gasteiger partial charge in [-0.1, -0.05) is 12.1 Å². The van der Waals surface area contributed by atoms with E-state index in [1.807, 2.05) is 12.1 Å². The van der Waals surface area contributed by atoms with Crippen LogP contribution in [0.2, 0.25) is 0 Å². The third-order valence-electron chi connectivity index (χ3n) is 7.04. The summed E-state index contributed by atoms with van der Waals surface area (Å²) in [7, 11) is 1.79. The van der Waals surface area contributed by atoms with Gasteiger partial charge in [0.2, 0.25) is 0 Å². The maximum atomic E-state index is 12.3. The van der Waals surface area contributed by atoms with Crippen molar-refractivity contribution in [1.29, 1.82) is 0 Å². The summed E-state index contributed by atoms with van der Waals surface area (Å²) < 4.78 is 21.5. The van der Waals surface area contributed by atoms with Crippen LogP contribution in [0.1, 0.15) is 43.7 Å². The third kappa shape index (κ3) is 8.45. The molecule has 0 radical (unpaired) electrons. The maximum absolute atomic E-state index is 12.3. The molecule has 0 heterocycles. The summed E-state index contributed by atoms with van der Waals surface area (Å²) >= 11 is 0. The first kappa shape index (κ1) is 27.4. The second-order valence-electron chi connectivity index (χ2n) is 9.56. The lowest BCUT2D eigenvalue weighted by Gasteiger charge is -2.32. The summed E-state index contributed by atoms with van der Waals surface area (Å²) in [6.45, 7) is 1.78. The minimum absolute atomic E-state index is 0.162. The molecule has 35 heavy (non-hydrogen) atoms. The van der Waals surface area contributed by atoms with Crippen LogP contribution >= 0.6 is 0 Å². The smallest absolute Gasteiger partial charge is 0.344 e. The van der Waals surface area contributed by atoms with Crippen LogP contribution in [-0.2, 0) is 36.6 Å². The minimum atomic E-state index is -1.03. The summed E-state index contributed by atoms with van der Waals surface area (Å²) in [4.78, 5) is 22.6. The van der Waals surface area contributed by atoms with Gasteiger partial charge in [-0.05, 0) is 87.4 Å². The number of carboxylic acids is 1. The van der Waals surface area contributed by atoms with Gasteiger partial charge < -0.3 is 29.2 Å². The van der Waals surface area contributed by atoms with Crippen molar-refractivity contribution in [3.05, 3.63) is 29.3 Å². The lowest BCUT2D eigenvalue weighted by Crippen LogP contribution is -2.29. The summed E-state index contributed by atoms with van der Waals surface area (Å²) in [5, 5.41) is 21.3. The van der Waals surface area contributed by atoms with Crippen LogP contribution in [0, 0.1) is 17.8 Å². The van der Waals surface area contributed by atoms with Gasteiger partial charge in [-0.3, -0.25) is 5.32 Å². The zero-order chi connectivity index (χ0) is 25.2. The third-order valence-corrected chi connectivity index (χ3v) is 7.04. The van der Waals surface area contributed by atoms with Crippen molar-refractivity contribution in [3.8, 4) is 5.75 Å². The number of fused-ring (bicyclic) bond motifs is 2. The molecule has 0 bridgehead atoms. The van der Waals surface area contributed by atoms with Crippen molar-refractivity contribution in [2.24, 2.45) is 17.8 Å². The van der Waals surface area contributed by atoms with E-state index in [1.54, 1.807) is 14.0 Å². The molecule has 0 amide bonds.